The zero-order chi connectivity index (χ0) is 38.8. The second kappa shape index (κ2) is 12.0. The lowest BCUT2D eigenvalue weighted by Crippen LogP contribution is -2.61. The fourth-order valence-corrected chi connectivity index (χ4v) is 9.88. The highest BCUT2D eigenvalue weighted by Crippen LogP contribution is 2.54. The lowest BCUT2D eigenvalue weighted by Gasteiger charge is -2.43. The number of hydrogen-bond acceptors (Lipinski definition) is 4. The lowest BCUT2D eigenvalue weighted by atomic mass is 9.35. The molecule has 276 valence electrons. The summed E-state index contributed by atoms with van der Waals surface area (Å²) < 4.78 is 7.22. The molecule has 3 aliphatic heterocycles. The average Bonchev–Trinajstić information content (AvgIpc) is 3.57. The molecule has 0 aliphatic carbocycles. The molecule has 0 N–H and O–H groups in total. The molecule has 0 amide bonds. The van der Waals surface area contributed by atoms with Crippen LogP contribution in [0.2, 0.25) is 0 Å². The van der Waals surface area contributed by atoms with E-state index in [-0.39, 0.29) is 17.5 Å². The second-order valence-electron chi connectivity index (χ2n) is 17.5. The molecule has 3 aliphatic rings. The Kier molecular flexibility index (Phi) is 7.14. The van der Waals surface area contributed by atoms with E-state index in [2.05, 4.69) is 214 Å². The van der Waals surface area contributed by atoms with Gasteiger partial charge in [0.15, 0.2) is 0 Å². The molecule has 1 aromatic heterocycles. The molecule has 8 aromatic rings. The van der Waals surface area contributed by atoms with Gasteiger partial charge in [0.1, 0.15) is 5.58 Å². The first-order chi connectivity index (χ1) is 27.6. The van der Waals surface area contributed by atoms with Crippen molar-refractivity contribution < 1.29 is 4.42 Å². The number of benzene rings is 7. The number of anilines is 9. The molecule has 11 rings (SSSR count). The van der Waals surface area contributed by atoms with E-state index in [1.54, 1.807) is 0 Å². The molecule has 0 spiro atoms. The van der Waals surface area contributed by atoms with Gasteiger partial charge in [0, 0.05) is 50.6 Å². The fraction of sp³-hybridized carbons (Fsp3) is 0.154. The van der Waals surface area contributed by atoms with Gasteiger partial charge in [0.2, 0.25) is 0 Å². The van der Waals surface area contributed by atoms with Crippen molar-refractivity contribution >= 4 is 85.5 Å². The first kappa shape index (κ1) is 33.8. The van der Waals surface area contributed by atoms with Crippen LogP contribution >= 0.6 is 0 Å². The molecule has 0 saturated heterocycles. The van der Waals surface area contributed by atoms with Crippen molar-refractivity contribution in [3.8, 4) is 0 Å². The standard InChI is InChI=1S/C52H44BN3O/c1-33-30-44-48-45(31-33)56-42-22-14-13-20-39(42)52(5,6)40-21-15-23-46-47(40)49(56)50(57-46)53(48)41-29-28-38(54(35-16-9-7-10-17-35)36-18-11-8-12-19-36)32-43(41)55(44)37-26-24-34(25-27-37)51(2,3)4/h7-32H,1-6H3. The van der Waals surface area contributed by atoms with Gasteiger partial charge in [-0.3, -0.25) is 0 Å². The predicted molar refractivity (Wildman–Crippen MR) is 240 cm³/mol. The van der Waals surface area contributed by atoms with Gasteiger partial charge in [-0.15, -0.1) is 0 Å². The van der Waals surface area contributed by atoms with Crippen LogP contribution in [0.4, 0.5) is 51.2 Å². The molecule has 57 heavy (non-hydrogen) atoms. The van der Waals surface area contributed by atoms with Gasteiger partial charge < -0.3 is 19.1 Å². The Morgan fingerprint density at radius 1 is 0.579 bits per heavy atom. The summed E-state index contributed by atoms with van der Waals surface area (Å²) in [5.41, 5.74) is 19.7. The van der Waals surface area contributed by atoms with Crippen LogP contribution in [0.5, 0.6) is 0 Å². The second-order valence-corrected chi connectivity index (χ2v) is 17.5. The van der Waals surface area contributed by atoms with E-state index in [0.29, 0.717) is 0 Å². The van der Waals surface area contributed by atoms with Gasteiger partial charge in [-0.05, 0) is 118 Å². The fourth-order valence-electron chi connectivity index (χ4n) is 9.88. The van der Waals surface area contributed by atoms with Crippen LogP contribution < -0.4 is 31.3 Å². The summed E-state index contributed by atoms with van der Waals surface area (Å²) in [6, 6.07) is 58.1. The third-order valence-electron chi connectivity index (χ3n) is 12.6. The molecule has 0 unspecified atom stereocenters. The first-order valence-corrected chi connectivity index (χ1v) is 20.1. The van der Waals surface area contributed by atoms with Crippen LogP contribution in [0.25, 0.3) is 11.0 Å². The highest BCUT2D eigenvalue weighted by atomic mass is 16.3. The van der Waals surface area contributed by atoms with E-state index < -0.39 is 0 Å². The Labute approximate surface area is 335 Å². The number of aryl methyl sites for hydroxylation is 1. The number of fused-ring (bicyclic) bond motifs is 6. The van der Waals surface area contributed by atoms with Crippen molar-refractivity contribution in [3.05, 3.63) is 180 Å². The summed E-state index contributed by atoms with van der Waals surface area (Å²) in [6.45, 7) is 13.7. The lowest BCUT2D eigenvalue weighted by molar-refractivity contribution is 0.590. The zero-order valence-electron chi connectivity index (χ0n) is 33.3. The highest BCUT2D eigenvalue weighted by molar-refractivity contribution is 7.00. The number of hydrogen-bond donors (Lipinski definition) is 0. The quantitative estimate of drug-likeness (QED) is 0.168. The maximum Gasteiger partial charge on any atom is 0.297 e. The van der Waals surface area contributed by atoms with E-state index in [1.165, 1.54) is 61.3 Å². The van der Waals surface area contributed by atoms with Crippen molar-refractivity contribution in [2.24, 2.45) is 0 Å². The minimum atomic E-state index is -0.250. The molecule has 5 heteroatoms. The van der Waals surface area contributed by atoms with Crippen molar-refractivity contribution in [2.75, 3.05) is 14.7 Å². The molecule has 0 radical (unpaired) electrons. The molecule has 0 atom stereocenters. The monoisotopic (exact) mass is 737 g/mol. The minimum absolute atomic E-state index is 0.0372. The van der Waals surface area contributed by atoms with Crippen molar-refractivity contribution in [3.63, 3.8) is 0 Å². The Balaban J connectivity index is 1.24. The smallest absolute Gasteiger partial charge is 0.297 e. The van der Waals surface area contributed by atoms with Crippen LogP contribution in [0.1, 0.15) is 56.9 Å². The molecule has 0 fully saturated rings. The largest absolute Gasteiger partial charge is 0.468 e. The van der Waals surface area contributed by atoms with Crippen molar-refractivity contribution in [1.82, 2.24) is 0 Å². The third-order valence-corrected chi connectivity index (χ3v) is 12.6. The average molecular weight is 738 g/mol. The Morgan fingerprint density at radius 3 is 1.89 bits per heavy atom. The van der Waals surface area contributed by atoms with Gasteiger partial charge in [0.05, 0.1) is 17.0 Å². The normalized spacial score (nSPS) is 14.5. The zero-order valence-corrected chi connectivity index (χ0v) is 33.3. The SMILES string of the molecule is Cc1cc2c3c(c1)N1c4ccccc4C(C)(C)c4cccc5oc(c1c45)B3c1ccc(N(c3ccccc3)c3ccccc3)cc1N2c1ccc(C(C)(C)C)cc1. The molecular weight excluding hydrogens is 693 g/mol. The summed E-state index contributed by atoms with van der Waals surface area (Å²) in [5.74, 6) is 0. The number of para-hydroxylation sites is 3. The summed E-state index contributed by atoms with van der Waals surface area (Å²) >= 11 is 0. The summed E-state index contributed by atoms with van der Waals surface area (Å²) in [5, 5.41) is 1.21. The predicted octanol–water partition coefficient (Wildman–Crippen LogP) is 12.2. The molecular formula is C52H44BN3O. The molecule has 7 aromatic carbocycles. The van der Waals surface area contributed by atoms with Crippen LogP contribution in [0, 0.1) is 6.92 Å². The highest BCUT2D eigenvalue weighted by Gasteiger charge is 2.49. The van der Waals surface area contributed by atoms with Gasteiger partial charge in [0.25, 0.3) is 6.71 Å². The minimum Gasteiger partial charge on any atom is -0.468 e. The topological polar surface area (TPSA) is 22.9 Å². The molecule has 0 saturated carbocycles. The summed E-state index contributed by atoms with van der Waals surface area (Å²) in [6.07, 6.45) is 0. The van der Waals surface area contributed by atoms with Crippen molar-refractivity contribution in [2.45, 2.75) is 52.4 Å². The maximum atomic E-state index is 7.22. The van der Waals surface area contributed by atoms with Crippen molar-refractivity contribution in [1.29, 1.82) is 0 Å². The molecule has 4 heterocycles. The molecule has 0 bridgehead atoms. The van der Waals surface area contributed by atoms with Crippen LogP contribution in [-0.2, 0) is 10.8 Å². The summed E-state index contributed by atoms with van der Waals surface area (Å²) in [4.78, 5) is 7.40. The van der Waals surface area contributed by atoms with E-state index in [4.69, 9.17) is 4.42 Å². The van der Waals surface area contributed by atoms with E-state index in [9.17, 15) is 0 Å². The number of nitrogens with zero attached hydrogens (tertiary/aromatic N) is 3. The van der Waals surface area contributed by atoms with Crippen LogP contribution in [-0.4, -0.2) is 6.71 Å². The van der Waals surface area contributed by atoms with Crippen LogP contribution in [0.3, 0.4) is 0 Å². The van der Waals surface area contributed by atoms with E-state index in [1.807, 2.05) is 0 Å². The number of furan rings is 1. The van der Waals surface area contributed by atoms with Gasteiger partial charge in [-0.25, -0.2) is 0 Å². The Morgan fingerprint density at radius 2 is 1.21 bits per heavy atom. The van der Waals surface area contributed by atoms with Gasteiger partial charge >= 0.3 is 0 Å². The maximum absolute atomic E-state index is 7.22. The number of rotatable bonds is 4. The Hall–Kier alpha value is -6.46. The van der Waals surface area contributed by atoms with E-state index in [0.717, 1.165) is 39.7 Å². The third kappa shape index (κ3) is 4.88. The van der Waals surface area contributed by atoms with Crippen LogP contribution in [0.15, 0.2) is 162 Å². The first-order valence-electron chi connectivity index (χ1n) is 20.1. The molecule has 4 nitrogen and oxygen atoms in total. The summed E-state index contributed by atoms with van der Waals surface area (Å²) in [7, 11) is 0. The Bertz CT molecular complexity index is 2850. The van der Waals surface area contributed by atoms with Gasteiger partial charge in [-0.1, -0.05) is 120 Å². The van der Waals surface area contributed by atoms with Gasteiger partial charge in [-0.2, -0.15) is 0 Å². The van der Waals surface area contributed by atoms with E-state index >= 15 is 0 Å².